The first kappa shape index (κ1) is 21.6. The number of carbonyl (C=O) groups excluding carboxylic acids is 1. The highest BCUT2D eigenvalue weighted by Gasteiger charge is 2.14. The van der Waals surface area contributed by atoms with Gasteiger partial charge < -0.3 is 14.8 Å². The van der Waals surface area contributed by atoms with Crippen molar-refractivity contribution < 1.29 is 14.3 Å². The average Bonchev–Trinajstić information content (AvgIpc) is 2.74. The van der Waals surface area contributed by atoms with Crippen molar-refractivity contribution in [1.82, 2.24) is 0 Å². The van der Waals surface area contributed by atoms with Gasteiger partial charge in [0.2, 0.25) is 0 Å². The smallest absolute Gasteiger partial charge is 0.262 e. The predicted octanol–water partition coefficient (Wildman–Crippen LogP) is 5.92. The summed E-state index contributed by atoms with van der Waals surface area (Å²) in [7, 11) is 0. The molecule has 6 heteroatoms. The highest BCUT2D eigenvalue weighted by atomic mass is 79.9. The molecule has 5 nitrogen and oxygen atoms in total. The third-order valence-electron chi connectivity index (χ3n) is 4.13. The topological polar surface area (TPSA) is 59.9 Å². The summed E-state index contributed by atoms with van der Waals surface area (Å²) >= 11 is 3.52. The summed E-state index contributed by atoms with van der Waals surface area (Å²) in [6.07, 6.45) is 1.77. The van der Waals surface area contributed by atoms with Crippen LogP contribution in [0.25, 0.3) is 0 Å². The van der Waals surface area contributed by atoms with Gasteiger partial charge in [0.25, 0.3) is 5.91 Å². The molecule has 0 fully saturated rings. The van der Waals surface area contributed by atoms with Gasteiger partial charge in [0.1, 0.15) is 0 Å². The fourth-order valence-electron chi connectivity index (χ4n) is 2.70. The Kier molecular flexibility index (Phi) is 7.63. The van der Waals surface area contributed by atoms with E-state index in [-0.39, 0.29) is 12.5 Å². The minimum Gasteiger partial charge on any atom is -0.490 e. The predicted molar refractivity (Wildman–Crippen MR) is 124 cm³/mol. The Morgan fingerprint density at radius 2 is 1.80 bits per heavy atom. The van der Waals surface area contributed by atoms with E-state index < -0.39 is 0 Å². The number of nitrogens with zero attached hydrogens (tertiary/aromatic N) is 1. The van der Waals surface area contributed by atoms with Gasteiger partial charge in [0.15, 0.2) is 18.1 Å². The molecule has 0 saturated carbocycles. The molecule has 0 aliphatic rings. The second-order valence-corrected chi connectivity index (χ2v) is 7.41. The molecule has 1 N–H and O–H groups in total. The highest BCUT2D eigenvalue weighted by Crippen LogP contribution is 2.36. The van der Waals surface area contributed by atoms with Gasteiger partial charge in [0.05, 0.1) is 16.8 Å². The van der Waals surface area contributed by atoms with Crippen molar-refractivity contribution in [2.24, 2.45) is 4.99 Å². The van der Waals surface area contributed by atoms with E-state index in [9.17, 15) is 4.79 Å². The molecule has 0 heterocycles. The summed E-state index contributed by atoms with van der Waals surface area (Å²) in [6.45, 7) is 4.27. The number of aryl methyl sites for hydroxylation is 1. The molecule has 3 aromatic rings. The number of para-hydroxylation sites is 1. The zero-order valence-electron chi connectivity index (χ0n) is 16.9. The third kappa shape index (κ3) is 6.19. The molecule has 0 aromatic heterocycles. The van der Waals surface area contributed by atoms with Crippen LogP contribution < -0.4 is 14.8 Å². The first-order valence-corrected chi connectivity index (χ1v) is 10.4. The SMILES string of the molecule is CCOc1cc(C=Nc2ccc(C)cc2)cc(Br)c1OCC(=O)Nc1ccccc1. The van der Waals surface area contributed by atoms with Crippen molar-refractivity contribution in [3.63, 3.8) is 0 Å². The molecule has 0 radical (unpaired) electrons. The van der Waals surface area contributed by atoms with Crippen molar-refractivity contribution in [3.8, 4) is 11.5 Å². The molecule has 0 saturated heterocycles. The largest absolute Gasteiger partial charge is 0.490 e. The number of benzene rings is 3. The molecule has 3 rings (SSSR count). The first-order chi connectivity index (χ1) is 14.5. The molecule has 0 atom stereocenters. The molecule has 30 heavy (non-hydrogen) atoms. The molecule has 1 amide bonds. The van der Waals surface area contributed by atoms with Crippen LogP contribution in [0, 0.1) is 6.92 Å². The van der Waals surface area contributed by atoms with Crippen LogP contribution in [0.4, 0.5) is 11.4 Å². The Morgan fingerprint density at radius 3 is 2.50 bits per heavy atom. The van der Waals surface area contributed by atoms with Crippen LogP contribution in [0.15, 0.2) is 76.2 Å². The summed E-state index contributed by atoms with van der Waals surface area (Å²) in [5.41, 5.74) is 3.63. The number of hydrogen-bond donors (Lipinski definition) is 1. The van der Waals surface area contributed by atoms with Gasteiger partial charge >= 0.3 is 0 Å². The van der Waals surface area contributed by atoms with Crippen LogP contribution in [-0.2, 0) is 4.79 Å². The van der Waals surface area contributed by atoms with Gasteiger partial charge in [-0.05, 0) is 71.7 Å². The van der Waals surface area contributed by atoms with Crippen molar-refractivity contribution in [3.05, 3.63) is 82.3 Å². The molecular formula is C24H23BrN2O3. The Hall–Kier alpha value is -3.12. The number of anilines is 1. The number of rotatable bonds is 8. The van der Waals surface area contributed by atoms with Crippen LogP contribution in [-0.4, -0.2) is 25.3 Å². The van der Waals surface area contributed by atoms with Gasteiger partial charge in [-0.2, -0.15) is 0 Å². The molecule has 0 unspecified atom stereocenters. The summed E-state index contributed by atoms with van der Waals surface area (Å²) in [6, 6.07) is 20.9. The number of ether oxygens (including phenoxy) is 2. The molecule has 154 valence electrons. The summed E-state index contributed by atoms with van der Waals surface area (Å²) in [4.78, 5) is 16.7. The fourth-order valence-corrected chi connectivity index (χ4v) is 3.28. The number of amides is 1. The normalized spacial score (nSPS) is 10.8. The van der Waals surface area contributed by atoms with E-state index in [4.69, 9.17) is 9.47 Å². The quantitative estimate of drug-likeness (QED) is 0.418. The van der Waals surface area contributed by atoms with Crippen LogP contribution in [0.3, 0.4) is 0 Å². The fraction of sp³-hybridized carbons (Fsp3) is 0.167. The maximum Gasteiger partial charge on any atom is 0.262 e. The van der Waals surface area contributed by atoms with Crippen molar-refractivity contribution in [2.75, 3.05) is 18.5 Å². The van der Waals surface area contributed by atoms with E-state index in [1.54, 1.807) is 6.21 Å². The maximum atomic E-state index is 12.2. The third-order valence-corrected chi connectivity index (χ3v) is 4.72. The average molecular weight is 467 g/mol. The van der Waals surface area contributed by atoms with E-state index in [0.717, 1.165) is 16.9 Å². The van der Waals surface area contributed by atoms with Crippen LogP contribution >= 0.6 is 15.9 Å². The minimum absolute atomic E-state index is 0.135. The number of carbonyl (C=O) groups is 1. The molecule has 0 spiro atoms. The standard InChI is InChI=1S/C24H23BrN2O3/c1-3-29-22-14-18(15-26-19-11-9-17(2)10-12-19)13-21(25)24(22)30-16-23(28)27-20-7-5-4-6-8-20/h4-15H,3,16H2,1-2H3,(H,27,28). The van der Waals surface area contributed by atoms with Gasteiger partial charge in [-0.1, -0.05) is 35.9 Å². The summed E-state index contributed by atoms with van der Waals surface area (Å²) < 4.78 is 12.2. The lowest BCUT2D eigenvalue weighted by Crippen LogP contribution is -2.20. The molecule has 0 bridgehead atoms. The Labute approximate surface area is 184 Å². The lowest BCUT2D eigenvalue weighted by molar-refractivity contribution is -0.118. The zero-order chi connectivity index (χ0) is 21.3. The Morgan fingerprint density at radius 1 is 1.07 bits per heavy atom. The van der Waals surface area contributed by atoms with Gasteiger partial charge in [-0.25, -0.2) is 0 Å². The minimum atomic E-state index is -0.249. The maximum absolute atomic E-state index is 12.2. The zero-order valence-corrected chi connectivity index (χ0v) is 18.5. The van der Waals surface area contributed by atoms with Gasteiger partial charge in [0, 0.05) is 11.9 Å². The lowest BCUT2D eigenvalue weighted by atomic mass is 10.2. The number of halogens is 1. The van der Waals surface area contributed by atoms with E-state index in [1.807, 2.05) is 80.6 Å². The molecule has 3 aromatic carbocycles. The number of nitrogens with one attached hydrogen (secondary N) is 1. The van der Waals surface area contributed by atoms with Gasteiger partial charge in [-0.15, -0.1) is 0 Å². The van der Waals surface area contributed by atoms with E-state index in [2.05, 4.69) is 26.2 Å². The Balaban J connectivity index is 1.72. The van der Waals surface area contributed by atoms with Crippen LogP contribution in [0.5, 0.6) is 11.5 Å². The lowest BCUT2D eigenvalue weighted by Gasteiger charge is -2.14. The molecular weight excluding hydrogens is 444 g/mol. The molecule has 0 aliphatic heterocycles. The van der Waals surface area contributed by atoms with E-state index in [0.29, 0.717) is 22.6 Å². The van der Waals surface area contributed by atoms with Crippen LogP contribution in [0.1, 0.15) is 18.1 Å². The van der Waals surface area contributed by atoms with Crippen molar-refractivity contribution in [1.29, 1.82) is 0 Å². The second-order valence-electron chi connectivity index (χ2n) is 6.56. The molecule has 0 aliphatic carbocycles. The first-order valence-electron chi connectivity index (χ1n) is 9.60. The Bertz CT molecular complexity index is 1020. The van der Waals surface area contributed by atoms with Crippen molar-refractivity contribution in [2.45, 2.75) is 13.8 Å². The van der Waals surface area contributed by atoms with Crippen LogP contribution in [0.2, 0.25) is 0 Å². The monoisotopic (exact) mass is 466 g/mol. The second kappa shape index (κ2) is 10.6. The summed E-state index contributed by atoms with van der Waals surface area (Å²) in [5, 5.41) is 2.80. The summed E-state index contributed by atoms with van der Waals surface area (Å²) in [5.74, 6) is 0.776. The number of hydrogen-bond acceptors (Lipinski definition) is 4. The van der Waals surface area contributed by atoms with Crippen molar-refractivity contribution >= 4 is 39.4 Å². The van der Waals surface area contributed by atoms with Gasteiger partial charge in [-0.3, -0.25) is 9.79 Å². The van der Waals surface area contributed by atoms with E-state index in [1.165, 1.54) is 5.56 Å². The number of aliphatic imine (C=N–C) groups is 1. The highest BCUT2D eigenvalue weighted by molar-refractivity contribution is 9.10. The van der Waals surface area contributed by atoms with E-state index >= 15 is 0 Å².